The van der Waals surface area contributed by atoms with Gasteiger partial charge in [0.25, 0.3) is 0 Å². The first-order chi connectivity index (χ1) is 11.8. The van der Waals surface area contributed by atoms with Gasteiger partial charge >= 0.3 is 0 Å². The average Bonchev–Trinajstić information content (AvgIpc) is 2.98. The topological polar surface area (TPSA) is 33.7 Å². The molecular formula is C19H30N2O2S. The van der Waals surface area contributed by atoms with Crippen LogP contribution in [0.1, 0.15) is 18.9 Å². The number of anilines is 1. The molecule has 0 radical (unpaired) electrons. The van der Waals surface area contributed by atoms with Crippen LogP contribution in [0.15, 0.2) is 24.3 Å². The SMILES string of the molecule is CCC1(c2cccc(NSC)c2)C2CN(CCOCCOC)CC21. The van der Waals surface area contributed by atoms with E-state index in [0.29, 0.717) is 18.6 Å². The van der Waals surface area contributed by atoms with Crippen molar-refractivity contribution in [2.75, 3.05) is 57.5 Å². The van der Waals surface area contributed by atoms with Crippen molar-refractivity contribution in [3.63, 3.8) is 0 Å². The highest BCUT2D eigenvalue weighted by molar-refractivity contribution is 7.99. The van der Waals surface area contributed by atoms with E-state index in [1.807, 2.05) is 0 Å². The molecule has 134 valence electrons. The molecule has 2 aliphatic rings. The number of nitrogens with zero attached hydrogens (tertiary/aromatic N) is 1. The highest BCUT2D eigenvalue weighted by atomic mass is 32.2. The van der Waals surface area contributed by atoms with Crippen LogP contribution < -0.4 is 4.72 Å². The number of ether oxygens (including phenoxy) is 2. The van der Waals surface area contributed by atoms with Gasteiger partial charge in [-0.2, -0.15) is 0 Å². The summed E-state index contributed by atoms with van der Waals surface area (Å²) >= 11 is 1.66. The number of nitrogens with one attached hydrogen (secondary N) is 1. The predicted molar refractivity (Wildman–Crippen MR) is 102 cm³/mol. The molecule has 2 unspecified atom stereocenters. The van der Waals surface area contributed by atoms with Crippen LogP contribution in [0, 0.1) is 11.8 Å². The van der Waals surface area contributed by atoms with Gasteiger partial charge in [-0.3, -0.25) is 0 Å². The molecular weight excluding hydrogens is 320 g/mol. The van der Waals surface area contributed by atoms with E-state index in [9.17, 15) is 0 Å². The van der Waals surface area contributed by atoms with Gasteiger partial charge in [0.2, 0.25) is 0 Å². The van der Waals surface area contributed by atoms with E-state index >= 15 is 0 Å². The van der Waals surface area contributed by atoms with Gasteiger partial charge in [0.15, 0.2) is 0 Å². The lowest BCUT2D eigenvalue weighted by Gasteiger charge is -2.26. The second-order valence-electron chi connectivity index (χ2n) is 6.86. The molecule has 1 aliphatic carbocycles. The summed E-state index contributed by atoms with van der Waals surface area (Å²) in [5.41, 5.74) is 3.15. The van der Waals surface area contributed by atoms with E-state index in [-0.39, 0.29) is 0 Å². The normalized spacial score (nSPS) is 28.8. The Morgan fingerprint density at radius 1 is 1.25 bits per heavy atom. The average molecular weight is 351 g/mol. The largest absolute Gasteiger partial charge is 0.382 e. The summed E-state index contributed by atoms with van der Waals surface area (Å²) in [7, 11) is 1.71. The molecule has 0 bridgehead atoms. The van der Waals surface area contributed by atoms with Crippen LogP contribution in [0.3, 0.4) is 0 Å². The lowest BCUT2D eigenvalue weighted by molar-refractivity contribution is 0.0578. The van der Waals surface area contributed by atoms with Crippen LogP contribution in [0.5, 0.6) is 0 Å². The molecule has 1 saturated heterocycles. The molecule has 1 N–H and O–H groups in total. The minimum Gasteiger partial charge on any atom is -0.382 e. The molecule has 0 aromatic heterocycles. The summed E-state index contributed by atoms with van der Waals surface area (Å²) in [5, 5.41) is 0. The Bertz CT molecular complexity index is 528. The summed E-state index contributed by atoms with van der Waals surface area (Å²) in [6.45, 7) is 8.03. The van der Waals surface area contributed by atoms with Crippen LogP contribution in [0.2, 0.25) is 0 Å². The van der Waals surface area contributed by atoms with Crippen LogP contribution in [-0.2, 0) is 14.9 Å². The minimum atomic E-state index is 0.406. The zero-order valence-corrected chi connectivity index (χ0v) is 15.9. The number of piperidine rings is 1. The molecule has 0 spiro atoms. The first kappa shape index (κ1) is 18.1. The number of rotatable bonds is 10. The Labute approximate surface area is 150 Å². The Morgan fingerprint density at radius 3 is 2.71 bits per heavy atom. The van der Waals surface area contributed by atoms with Gasteiger partial charge in [0, 0.05) is 44.1 Å². The minimum absolute atomic E-state index is 0.406. The van der Waals surface area contributed by atoms with Gasteiger partial charge in [-0.15, -0.1) is 0 Å². The summed E-state index contributed by atoms with van der Waals surface area (Å²) in [6.07, 6.45) is 3.31. The quantitative estimate of drug-likeness (QED) is 0.517. The maximum Gasteiger partial charge on any atom is 0.0700 e. The van der Waals surface area contributed by atoms with Crippen molar-refractivity contribution in [1.82, 2.24) is 4.90 Å². The third-order valence-electron chi connectivity index (χ3n) is 5.80. The Balaban J connectivity index is 1.54. The molecule has 5 heteroatoms. The highest BCUT2D eigenvalue weighted by Gasteiger charge is 2.67. The van der Waals surface area contributed by atoms with E-state index in [0.717, 1.165) is 25.0 Å². The third kappa shape index (κ3) is 3.45. The fourth-order valence-electron chi connectivity index (χ4n) is 4.58. The Kier molecular flexibility index (Phi) is 6.08. The second-order valence-corrected chi connectivity index (χ2v) is 7.47. The fraction of sp³-hybridized carbons (Fsp3) is 0.684. The molecule has 1 aromatic carbocycles. The zero-order valence-electron chi connectivity index (χ0n) is 15.1. The van der Waals surface area contributed by atoms with Crippen molar-refractivity contribution in [2.24, 2.45) is 11.8 Å². The number of hydrogen-bond donors (Lipinski definition) is 1. The Hall–Kier alpha value is -0.750. The summed E-state index contributed by atoms with van der Waals surface area (Å²) in [4.78, 5) is 2.57. The van der Waals surface area contributed by atoms with Gasteiger partial charge in [-0.25, -0.2) is 0 Å². The van der Waals surface area contributed by atoms with Gasteiger partial charge < -0.3 is 19.1 Å². The van der Waals surface area contributed by atoms with Crippen LogP contribution in [0.4, 0.5) is 5.69 Å². The highest BCUT2D eigenvalue weighted by Crippen LogP contribution is 2.65. The maximum atomic E-state index is 5.61. The summed E-state index contributed by atoms with van der Waals surface area (Å²) in [6, 6.07) is 9.04. The van der Waals surface area contributed by atoms with Crippen molar-refractivity contribution < 1.29 is 9.47 Å². The summed E-state index contributed by atoms with van der Waals surface area (Å²) in [5.74, 6) is 1.62. The summed E-state index contributed by atoms with van der Waals surface area (Å²) < 4.78 is 14.0. The van der Waals surface area contributed by atoms with E-state index in [1.54, 1.807) is 19.1 Å². The number of methoxy groups -OCH3 is 1. The monoisotopic (exact) mass is 350 g/mol. The molecule has 2 atom stereocenters. The second kappa shape index (κ2) is 8.09. The maximum absolute atomic E-state index is 5.61. The standard InChI is InChI=1S/C19H30N2O2S/c1-4-19(15-6-5-7-16(12-15)20-24-3)17-13-21(14-18(17)19)8-9-23-11-10-22-2/h5-7,12,17-18,20H,4,8-11,13-14H2,1-3H3. The van der Waals surface area contributed by atoms with Crippen molar-refractivity contribution in [2.45, 2.75) is 18.8 Å². The fourth-order valence-corrected chi connectivity index (χ4v) is 4.95. The number of hydrogen-bond acceptors (Lipinski definition) is 5. The van der Waals surface area contributed by atoms with Gasteiger partial charge in [0.05, 0.1) is 19.8 Å². The van der Waals surface area contributed by atoms with Crippen LogP contribution in [-0.4, -0.2) is 57.7 Å². The van der Waals surface area contributed by atoms with Crippen molar-refractivity contribution >= 4 is 17.6 Å². The molecule has 2 fully saturated rings. The molecule has 0 amide bonds. The smallest absolute Gasteiger partial charge is 0.0700 e. The van der Waals surface area contributed by atoms with Crippen LogP contribution >= 0.6 is 11.9 Å². The molecule has 1 aromatic rings. The molecule has 1 saturated carbocycles. The molecule has 4 nitrogen and oxygen atoms in total. The number of likely N-dealkylation sites (tertiary alicyclic amines) is 1. The zero-order chi connectivity index (χ0) is 17.0. The lowest BCUT2D eigenvalue weighted by Crippen LogP contribution is -2.32. The van der Waals surface area contributed by atoms with E-state index in [4.69, 9.17) is 9.47 Å². The van der Waals surface area contributed by atoms with Crippen molar-refractivity contribution in [3.8, 4) is 0 Å². The third-order valence-corrected chi connectivity index (χ3v) is 6.24. The predicted octanol–water partition coefficient (Wildman–Crippen LogP) is 3.25. The van der Waals surface area contributed by atoms with Gasteiger partial charge in [-0.05, 0) is 36.0 Å². The number of benzene rings is 1. The van der Waals surface area contributed by atoms with E-state index in [2.05, 4.69) is 47.1 Å². The first-order valence-electron chi connectivity index (χ1n) is 8.94. The molecule has 1 heterocycles. The van der Waals surface area contributed by atoms with Crippen molar-refractivity contribution in [1.29, 1.82) is 0 Å². The first-order valence-corrected chi connectivity index (χ1v) is 10.2. The molecule has 1 aliphatic heterocycles. The van der Waals surface area contributed by atoms with Gasteiger partial charge in [0.1, 0.15) is 0 Å². The number of fused-ring (bicyclic) bond motifs is 1. The van der Waals surface area contributed by atoms with E-state index < -0.39 is 0 Å². The lowest BCUT2D eigenvalue weighted by atomic mass is 9.87. The Morgan fingerprint density at radius 2 is 2.04 bits per heavy atom. The van der Waals surface area contributed by atoms with E-state index in [1.165, 1.54) is 30.8 Å². The molecule has 24 heavy (non-hydrogen) atoms. The van der Waals surface area contributed by atoms with Crippen molar-refractivity contribution in [3.05, 3.63) is 29.8 Å². The molecule has 3 rings (SSSR count). The van der Waals surface area contributed by atoms with Gasteiger partial charge in [-0.1, -0.05) is 31.0 Å². The van der Waals surface area contributed by atoms with Crippen LogP contribution in [0.25, 0.3) is 0 Å².